The number of halogens is 2. The van der Waals surface area contributed by atoms with Gasteiger partial charge in [-0.1, -0.05) is 40.8 Å². The van der Waals surface area contributed by atoms with E-state index < -0.39 is 18.7 Å². The molecule has 1 aromatic carbocycles. The Bertz CT molecular complexity index is 1270. The van der Waals surface area contributed by atoms with Gasteiger partial charge in [0.05, 0.1) is 11.0 Å². The molecule has 5 nitrogen and oxygen atoms in total. The van der Waals surface area contributed by atoms with Crippen LogP contribution in [0.5, 0.6) is 5.75 Å². The van der Waals surface area contributed by atoms with Crippen molar-refractivity contribution in [3.8, 4) is 5.75 Å². The second-order valence-electron chi connectivity index (χ2n) is 6.92. The fourth-order valence-electron chi connectivity index (χ4n) is 3.39. The van der Waals surface area contributed by atoms with Gasteiger partial charge < -0.3 is 4.74 Å². The molecule has 4 rings (SSSR count). The van der Waals surface area contributed by atoms with Crippen LogP contribution >= 0.6 is 22.6 Å². The lowest BCUT2D eigenvalue weighted by atomic mass is 9.93. The van der Waals surface area contributed by atoms with Crippen molar-refractivity contribution in [2.45, 2.75) is 15.6 Å². The maximum Gasteiger partial charge on any atom is 0.250 e. The number of nitrogens with zero attached hydrogens (tertiary/aromatic N) is 2. The number of benzene rings is 1. The lowest BCUT2D eigenvalue weighted by Crippen LogP contribution is -2.45. The SMILES string of the molecule is COc1ccc(F)cc1C1=CC(I)C(C)(S(=O)(=O)n2ccc3cccnc32)C=C1. The summed E-state index contributed by atoms with van der Waals surface area (Å²) in [6, 6.07) is 9.60. The van der Waals surface area contributed by atoms with Gasteiger partial charge in [-0.2, -0.15) is 0 Å². The van der Waals surface area contributed by atoms with Gasteiger partial charge in [0.1, 0.15) is 16.3 Å². The summed E-state index contributed by atoms with van der Waals surface area (Å²) in [4.78, 5) is 4.24. The second kappa shape index (κ2) is 7.24. The number of ether oxygens (including phenoxy) is 1. The number of allylic oxidation sites excluding steroid dienone is 3. The van der Waals surface area contributed by atoms with Crippen LogP contribution in [-0.2, 0) is 10.0 Å². The Hall–Kier alpha value is -2.20. The van der Waals surface area contributed by atoms with E-state index in [-0.39, 0.29) is 5.82 Å². The van der Waals surface area contributed by atoms with Gasteiger partial charge in [-0.05, 0) is 48.9 Å². The Balaban J connectivity index is 1.78. The molecule has 0 spiro atoms. The first-order valence-electron chi connectivity index (χ1n) is 8.84. The summed E-state index contributed by atoms with van der Waals surface area (Å²) in [5, 5.41) is 0.755. The molecule has 0 N–H and O–H groups in total. The van der Waals surface area contributed by atoms with Gasteiger partial charge in [0.25, 0.3) is 10.0 Å². The van der Waals surface area contributed by atoms with E-state index in [4.69, 9.17) is 4.74 Å². The first-order chi connectivity index (χ1) is 13.8. The highest BCUT2D eigenvalue weighted by molar-refractivity contribution is 14.1. The summed E-state index contributed by atoms with van der Waals surface area (Å²) in [6.07, 6.45) is 8.30. The van der Waals surface area contributed by atoms with Crippen molar-refractivity contribution < 1.29 is 17.5 Å². The van der Waals surface area contributed by atoms with Gasteiger partial charge >= 0.3 is 0 Å². The summed E-state index contributed by atoms with van der Waals surface area (Å²) in [5.41, 5.74) is 1.69. The molecule has 1 aliphatic carbocycles. The van der Waals surface area contributed by atoms with E-state index in [1.165, 1.54) is 29.4 Å². The van der Waals surface area contributed by atoms with Crippen LogP contribution in [0, 0.1) is 5.82 Å². The molecular weight excluding hydrogens is 506 g/mol. The molecular formula is C21H18FIN2O3S. The van der Waals surface area contributed by atoms with E-state index in [9.17, 15) is 12.8 Å². The summed E-state index contributed by atoms with van der Waals surface area (Å²) < 4.78 is 45.9. The molecule has 2 aromatic heterocycles. The lowest BCUT2D eigenvalue weighted by molar-refractivity contribution is 0.412. The molecule has 2 atom stereocenters. The van der Waals surface area contributed by atoms with Crippen LogP contribution in [-0.4, -0.2) is 33.2 Å². The van der Waals surface area contributed by atoms with Crippen LogP contribution < -0.4 is 4.74 Å². The van der Waals surface area contributed by atoms with E-state index in [2.05, 4.69) is 27.6 Å². The molecule has 0 saturated heterocycles. The number of aromatic nitrogens is 2. The Kier molecular flexibility index (Phi) is 5.02. The zero-order valence-corrected chi connectivity index (χ0v) is 18.7. The van der Waals surface area contributed by atoms with Gasteiger partial charge in [-0.15, -0.1) is 0 Å². The van der Waals surface area contributed by atoms with Crippen LogP contribution in [0.3, 0.4) is 0 Å². The molecule has 8 heteroatoms. The maximum atomic E-state index is 13.8. The highest BCUT2D eigenvalue weighted by atomic mass is 127. The van der Waals surface area contributed by atoms with Gasteiger partial charge in [0.15, 0.2) is 5.65 Å². The highest BCUT2D eigenvalue weighted by Crippen LogP contribution is 2.40. The highest BCUT2D eigenvalue weighted by Gasteiger charge is 2.45. The molecule has 3 aromatic rings. The number of rotatable bonds is 4. The molecule has 29 heavy (non-hydrogen) atoms. The minimum Gasteiger partial charge on any atom is -0.496 e. The van der Waals surface area contributed by atoms with E-state index >= 15 is 0 Å². The van der Waals surface area contributed by atoms with Crippen molar-refractivity contribution >= 4 is 49.2 Å². The zero-order valence-electron chi connectivity index (χ0n) is 15.7. The minimum atomic E-state index is -3.81. The van der Waals surface area contributed by atoms with E-state index in [0.717, 1.165) is 5.39 Å². The van der Waals surface area contributed by atoms with E-state index in [1.807, 2.05) is 12.1 Å². The standard InChI is InChI=1S/C21H18FIN2O3S/c1-21(29(26,27)25-11-8-14-4-3-10-24-20(14)25)9-7-15(12-19(21)23)17-13-16(22)5-6-18(17)28-2/h3-13,19H,1-2H3. The average Bonchev–Trinajstić information content (AvgIpc) is 3.15. The third kappa shape index (κ3) is 3.18. The molecule has 0 aliphatic heterocycles. The van der Waals surface area contributed by atoms with Crippen molar-refractivity contribution in [2.24, 2.45) is 0 Å². The fraction of sp³-hybridized carbons (Fsp3) is 0.190. The molecule has 150 valence electrons. The van der Waals surface area contributed by atoms with Crippen LogP contribution in [0.25, 0.3) is 16.6 Å². The molecule has 0 radical (unpaired) electrons. The van der Waals surface area contributed by atoms with Crippen LogP contribution in [0.4, 0.5) is 4.39 Å². The monoisotopic (exact) mass is 524 g/mol. The van der Waals surface area contributed by atoms with Gasteiger partial charge in [-0.3, -0.25) is 0 Å². The normalized spacial score (nSPS) is 21.9. The van der Waals surface area contributed by atoms with Crippen molar-refractivity contribution in [1.29, 1.82) is 0 Å². The fourth-order valence-corrected chi connectivity index (χ4v) is 6.56. The maximum absolute atomic E-state index is 13.8. The largest absolute Gasteiger partial charge is 0.496 e. The minimum absolute atomic E-state index is 0.383. The third-order valence-corrected chi connectivity index (χ3v) is 9.56. The number of fused-ring (bicyclic) bond motifs is 1. The Morgan fingerprint density at radius 1 is 1.28 bits per heavy atom. The van der Waals surface area contributed by atoms with E-state index in [0.29, 0.717) is 22.5 Å². The number of hydrogen-bond acceptors (Lipinski definition) is 4. The van der Waals surface area contributed by atoms with E-state index in [1.54, 1.807) is 43.5 Å². The second-order valence-corrected chi connectivity index (χ2v) is 10.5. The molecule has 0 bridgehead atoms. The van der Waals surface area contributed by atoms with Crippen LogP contribution in [0.15, 0.2) is 67.0 Å². The summed E-state index contributed by atoms with van der Waals surface area (Å²) in [6.45, 7) is 1.68. The Morgan fingerprint density at radius 2 is 2.07 bits per heavy atom. The number of hydrogen-bond donors (Lipinski definition) is 0. The van der Waals surface area contributed by atoms with Gasteiger partial charge in [-0.25, -0.2) is 21.8 Å². The van der Waals surface area contributed by atoms with Crippen LogP contribution in [0.2, 0.25) is 0 Å². The van der Waals surface area contributed by atoms with Gasteiger partial charge in [0.2, 0.25) is 0 Å². The lowest BCUT2D eigenvalue weighted by Gasteiger charge is -2.33. The van der Waals surface area contributed by atoms with Gasteiger partial charge in [0, 0.05) is 23.3 Å². The Morgan fingerprint density at radius 3 is 2.79 bits per heavy atom. The van der Waals surface area contributed by atoms with Crippen molar-refractivity contribution in [3.63, 3.8) is 0 Å². The molecule has 1 aliphatic rings. The van der Waals surface area contributed by atoms with Crippen molar-refractivity contribution in [1.82, 2.24) is 8.96 Å². The predicted molar refractivity (Wildman–Crippen MR) is 120 cm³/mol. The predicted octanol–water partition coefficient (Wildman–Crippen LogP) is 4.58. The topological polar surface area (TPSA) is 61.2 Å². The first kappa shape index (κ1) is 20.1. The first-order valence-corrected chi connectivity index (χ1v) is 11.5. The average molecular weight is 524 g/mol. The van der Waals surface area contributed by atoms with Crippen molar-refractivity contribution in [2.75, 3.05) is 7.11 Å². The summed E-state index contributed by atoms with van der Waals surface area (Å²) >= 11 is 2.11. The smallest absolute Gasteiger partial charge is 0.250 e. The quantitative estimate of drug-likeness (QED) is 0.371. The third-order valence-electron chi connectivity index (χ3n) is 5.17. The molecule has 0 fully saturated rings. The Labute approximate surface area is 182 Å². The molecule has 2 heterocycles. The van der Waals surface area contributed by atoms with Crippen LogP contribution in [0.1, 0.15) is 12.5 Å². The zero-order chi connectivity index (χ0) is 20.8. The molecule has 0 saturated carbocycles. The molecule has 2 unspecified atom stereocenters. The summed E-state index contributed by atoms with van der Waals surface area (Å²) in [5.74, 6) is 0.143. The summed E-state index contributed by atoms with van der Waals surface area (Å²) in [7, 11) is -2.30. The molecule has 0 amide bonds. The number of methoxy groups -OCH3 is 1. The number of pyridine rings is 1. The van der Waals surface area contributed by atoms with Crippen molar-refractivity contribution in [3.05, 3.63) is 78.4 Å². The number of alkyl halides is 1.